The third-order valence-electron chi connectivity index (χ3n) is 0.874. The quantitative estimate of drug-likeness (QED) is 0.490. The van der Waals surface area contributed by atoms with Crippen LogP contribution in [0.25, 0.3) is 0 Å². The molecule has 0 rings (SSSR count). The molecule has 0 aliphatic rings. The molecule has 0 aromatic rings. The molecule has 0 amide bonds. The monoisotopic (exact) mass is 138 g/mol. The van der Waals surface area contributed by atoms with Gasteiger partial charge in [0.05, 0.1) is 5.16 Å². The summed E-state index contributed by atoms with van der Waals surface area (Å²) in [7, 11) is -3.85. The van der Waals surface area contributed by atoms with Crippen LogP contribution in [0.3, 0.4) is 0 Å². The van der Waals surface area contributed by atoms with Crippen molar-refractivity contribution >= 4 is 7.60 Å². The summed E-state index contributed by atoms with van der Waals surface area (Å²) in [5, 5.41) is -0.896. The van der Waals surface area contributed by atoms with Crippen molar-refractivity contribution in [2.75, 3.05) is 0 Å². The van der Waals surface area contributed by atoms with E-state index in [0.717, 1.165) is 0 Å². The van der Waals surface area contributed by atoms with Gasteiger partial charge in [0, 0.05) is 0 Å². The molecule has 0 spiro atoms. The first-order valence-corrected chi connectivity index (χ1v) is 3.92. The van der Waals surface area contributed by atoms with E-state index >= 15 is 0 Å². The van der Waals surface area contributed by atoms with Crippen LogP contribution in [0.5, 0.6) is 0 Å². The lowest BCUT2D eigenvalue weighted by molar-refractivity contribution is 0.342. The van der Waals surface area contributed by atoms with Crippen LogP contribution in [0.1, 0.15) is 20.8 Å². The summed E-state index contributed by atoms with van der Waals surface area (Å²) in [6.45, 7) is 4.52. The molecule has 0 aromatic heterocycles. The van der Waals surface area contributed by atoms with E-state index in [1.807, 2.05) is 0 Å². The van der Waals surface area contributed by atoms with Gasteiger partial charge in [0.25, 0.3) is 0 Å². The SMILES string of the molecule is CC(C)(C)P(=O)(O)O. The van der Waals surface area contributed by atoms with E-state index in [1.54, 1.807) is 0 Å². The standard InChI is InChI=1S/C4H11O3P/c1-4(2,3)8(5,6)7/h1-3H3,(H2,5,6,7). The lowest BCUT2D eigenvalue weighted by Gasteiger charge is -2.18. The highest BCUT2D eigenvalue weighted by Crippen LogP contribution is 2.49. The number of hydrogen-bond acceptors (Lipinski definition) is 1. The van der Waals surface area contributed by atoms with Gasteiger partial charge in [-0.15, -0.1) is 0 Å². The molecule has 50 valence electrons. The van der Waals surface area contributed by atoms with Crippen LogP contribution in [-0.2, 0) is 4.57 Å². The lowest BCUT2D eigenvalue weighted by atomic mass is 10.3. The molecule has 2 N–H and O–H groups in total. The predicted octanol–water partition coefficient (Wildman–Crippen LogP) is 0.963. The molecule has 0 unspecified atom stereocenters. The van der Waals surface area contributed by atoms with E-state index in [9.17, 15) is 4.57 Å². The highest BCUT2D eigenvalue weighted by Gasteiger charge is 2.31. The second-order valence-electron chi connectivity index (χ2n) is 2.71. The Morgan fingerprint density at radius 3 is 1.38 bits per heavy atom. The van der Waals surface area contributed by atoms with Gasteiger partial charge in [-0.1, -0.05) is 0 Å². The van der Waals surface area contributed by atoms with Crippen LogP contribution in [-0.4, -0.2) is 14.9 Å². The molecule has 0 atom stereocenters. The van der Waals surface area contributed by atoms with Crippen LogP contribution in [0.2, 0.25) is 0 Å². The van der Waals surface area contributed by atoms with E-state index in [4.69, 9.17) is 9.79 Å². The van der Waals surface area contributed by atoms with Crippen molar-refractivity contribution in [3.8, 4) is 0 Å². The molecule has 8 heavy (non-hydrogen) atoms. The Morgan fingerprint density at radius 1 is 1.25 bits per heavy atom. The first-order valence-electron chi connectivity index (χ1n) is 2.31. The van der Waals surface area contributed by atoms with Gasteiger partial charge in [0.15, 0.2) is 0 Å². The molecule has 0 saturated heterocycles. The highest BCUT2D eigenvalue weighted by atomic mass is 31.2. The smallest absolute Gasteiger partial charge is 0.324 e. The molecule has 3 nitrogen and oxygen atoms in total. The van der Waals surface area contributed by atoms with Crippen molar-refractivity contribution < 1.29 is 14.4 Å². The Kier molecular flexibility index (Phi) is 1.87. The fraction of sp³-hybridized carbons (Fsp3) is 1.00. The van der Waals surface area contributed by atoms with E-state index in [-0.39, 0.29) is 0 Å². The molecule has 0 bridgehead atoms. The second kappa shape index (κ2) is 1.83. The van der Waals surface area contributed by atoms with Gasteiger partial charge in [-0.3, -0.25) is 4.57 Å². The maximum Gasteiger partial charge on any atom is 0.330 e. The summed E-state index contributed by atoms with van der Waals surface area (Å²) in [6.07, 6.45) is 0. The molecule has 0 saturated carbocycles. The zero-order chi connectivity index (χ0) is 7.00. The molecule has 0 aliphatic carbocycles. The summed E-state index contributed by atoms with van der Waals surface area (Å²) in [5.41, 5.74) is 0. The van der Waals surface area contributed by atoms with Crippen LogP contribution in [0.4, 0.5) is 0 Å². The topological polar surface area (TPSA) is 57.5 Å². The van der Waals surface area contributed by atoms with Gasteiger partial charge >= 0.3 is 7.60 Å². The minimum atomic E-state index is -3.85. The molecule has 0 heterocycles. The van der Waals surface area contributed by atoms with Gasteiger partial charge in [-0.25, -0.2) is 0 Å². The summed E-state index contributed by atoms with van der Waals surface area (Å²) < 4.78 is 10.3. The van der Waals surface area contributed by atoms with Gasteiger partial charge in [-0.05, 0) is 20.8 Å². The van der Waals surface area contributed by atoms with Crippen molar-refractivity contribution in [1.82, 2.24) is 0 Å². The Balaban J connectivity index is 4.26. The van der Waals surface area contributed by atoms with Gasteiger partial charge < -0.3 is 9.79 Å². The summed E-state index contributed by atoms with van der Waals surface area (Å²) in [6, 6.07) is 0. The number of rotatable bonds is 0. The minimum Gasteiger partial charge on any atom is -0.324 e. The van der Waals surface area contributed by atoms with E-state index in [1.165, 1.54) is 20.8 Å². The van der Waals surface area contributed by atoms with Gasteiger partial charge in [0.1, 0.15) is 0 Å². The first kappa shape index (κ1) is 8.15. The van der Waals surface area contributed by atoms with Crippen LogP contribution < -0.4 is 0 Å². The highest BCUT2D eigenvalue weighted by molar-refractivity contribution is 7.53. The Labute approximate surface area is 48.9 Å². The largest absolute Gasteiger partial charge is 0.330 e. The van der Waals surface area contributed by atoms with Crippen LogP contribution >= 0.6 is 7.60 Å². The van der Waals surface area contributed by atoms with Gasteiger partial charge in [-0.2, -0.15) is 0 Å². The average Bonchev–Trinajstić information content (AvgIpc) is 1.25. The summed E-state index contributed by atoms with van der Waals surface area (Å²) >= 11 is 0. The molecule has 0 radical (unpaired) electrons. The van der Waals surface area contributed by atoms with Crippen molar-refractivity contribution in [2.45, 2.75) is 25.9 Å². The predicted molar refractivity (Wildman–Crippen MR) is 31.8 cm³/mol. The Hall–Kier alpha value is 0.150. The van der Waals surface area contributed by atoms with E-state index in [2.05, 4.69) is 0 Å². The number of hydrogen-bond donors (Lipinski definition) is 2. The summed E-state index contributed by atoms with van der Waals surface area (Å²) in [4.78, 5) is 16.9. The molecule has 0 aromatic carbocycles. The van der Waals surface area contributed by atoms with Crippen molar-refractivity contribution in [2.24, 2.45) is 0 Å². The minimum absolute atomic E-state index is 0.896. The molecular formula is C4H11O3P. The fourth-order valence-electron chi connectivity index (χ4n) is 0. The zero-order valence-corrected chi connectivity index (χ0v) is 6.14. The van der Waals surface area contributed by atoms with E-state index in [0.29, 0.717) is 0 Å². The third-order valence-corrected chi connectivity index (χ3v) is 2.62. The fourth-order valence-corrected chi connectivity index (χ4v) is 0. The normalized spacial score (nSPS) is 14.1. The maximum atomic E-state index is 10.3. The molecular weight excluding hydrogens is 127 g/mol. The Bertz CT molecular complexity index is 118. The second-order valence-corrected chi connectivity index (χ2v) is 5.14. The molecule has 0 aliphatic heterocycles. The average molecular weight is 138 g/mol. The lowest BCUT2D eigenvalue weighted by Crippen LogP contribution is -2.13. The Morgan fingerprint density at radius 2 is 1.38 bits per heavy atom. The van der Waals surface area contributed by atoms with Gasteiger partial charge in [0.2, 0.25) is 0 Å². The molecule has 0 fully saturated rings. The van der Waals surface area contributed by atoms with Crippen molar-refractivity contribution in [3.63, 3.8) is 0 Å². The molecule has 4 heteroatoms. The zero-order valence-electron chi connectivity index (χ0n) is 5.25. The maximum absolute atomic E-state index is 10.3. The third kappa shape index (κ3) is 1.95. The van der Waals surface area contributed by atoms with Crippen molar-refractivity contribution in [3.05, 3.63) is 0 Å². The van der Waals surface area contributed by atoms with Crippen LogP contribution in [0, 0.1) is 0 Å². The van der Waals surface area contributed by atoms with E-state index < -0.39 is 12.8 Å². The van der Waals surface area contributed by atoms with Crippen molar-refractivity contribution in [1.29, 1.82) is 0 Å². The first-order chi connectivity index (χ1) is 3.25. The van der Waals surface area contributed by atoms with Crippen LogP contribution in [0.15, 0.2) is 0 Å². The summed E-state index contributed by atoms with van der Waals surface area (Å²) in [5.74, 6) is 0.